The molecule has 0 aliphatic carbocycles. The van der Waals surface area contributed by atoms with E-state index in [1.54, 1.807) is 13.0 Å². The molecule has 0 saturated heterocycles. The van der Waals surface area contributed by atoms with E-state index in [2.05, 4.69) is 0 Å². The van der Waals surface area contributed by atoms with Crippen LogP contribution in [0.4, 0.5) is 0 Å². The van der Waals surface area contributed by atoms with E-state index in [4.69, 9.17) is 0 Å². The van der Waals surface area contributed by atoms with E-state index < -0.39 is 5.97 Å². The molecule has 0 unspecified atom stereocenters. The second-order valence-corrected chi connectivity index (χ2v) is 2.64. The Labute approximate surface area is 76.0 Å². The molecule has 1 aromatic rings. The maximum absolute atomic E-state index is 11.2. The molecule has 0 fully saturated rings. The van der Waals surface area contributed by atoms with Crippen LogP contribution in [0.3, 0.4) is 0 Å². The number of ketones is 1. The Morgan fingerprint density at radius 1 is 1.31 bits per heavy atom. The number of hydrogen-bond donors (Lipinski definition) is 0. The molecule has 1 aromatic carbocycles. The summed E-state index contributed by atoms with van der Waals surface area (Å²) >= 11 is 0. The third kappa shape index (κ3) is 2.15. The van der Waals surface area contributed by atoms with Crippen molar-refractivity contribution >= 4 is 11.8 Å². The Balaban J connectivity index is 3.05. The van der Waals surface area contributed by atoms with E-state index in [0.717, 1.165) is 0 Å². The number of carbonyl (C=O) groups is 2. The highest BCUT2D eigenvalue weighted by Crippen LogP contribution is 2.06. The van der Waals surface area contributed by atoms with Crippen molar-refractivity contribution in [2.45, 2.75) is 13.3 Å². The lowest BCUT2D eigenvalue weighted by molar-refractivity contribution is -0.255. The number of hydrogen-bond acceptors (Lipinski definition) is 3. The van der Waals surface area contributed by atoms with Crippen LogP contribution in [0.1, 0.15) is 34.1 Å². The van der Waals surface area contributed by atoms with Crippen LogP contribution >= 0.6 is 0 Å². The van der Waals surface area contributed by atoms with Gasteiger partial charge in [-0.15, -0.1) is 0 Å². The summed E-state index contributed by atoms with van der Waals surface area (Å²) in [5, 5.41) is 10.4. The van der Waals surface area contributed by atoms with Gasteiger partial charge in [-0.2, -0.15) is 0 Å². The first kappa shape index (κ1) is 9.45. The van der Waals surface area contributed by atoms with Crippen LogP contribution in [-0.4, -0.2) is 11.8 Å². The smallest absolute Gasteiger partial charge is 0.162 e. The van der Waals surface area contributed by atoms with Crippen LogP contribution in [0.25, 0.3) is 0 Å². The molecular formula is C10H9O3-. The SMILES string of the molecule is CCC(=O)c1cccc(C(=O)[O-])c1. The number of Topliss-reactive ketones (excluding diaryl/α,β-unsaturated/α-hetero) is 1. The zero-order valence-corrected chi connectivity index (χ0v) is 7.24. The van der Waals surface area contributed by atoms with Gasteiger partial charge >= 0.3 is 0 Å². The predicted octanol–water partition coefficient (Wildman–Crippen LogP) is 0.643. The number of carboxylic acids is 1. The van der Waals surface area contributed by atoms with Gasteiger partial charge in [0.15, 0.2) is 5.78 Å². The summed E-state index contributed by atoms with van der Waals surface area (Å²) in [5.74, 6) is -1.33. The summed E-state index contributed by atoms with van der Waals surface area (Å²) in [7, 11) is 0. The van der Waals surface area contributed by atoms with Crippen molar-refractivity contribution in [3.05, 3.63) is 35.4 Å². The van der Waals surface area contributed by atoms with E-state index in [-0.39, 0.29) is 11.3 Å². The van der Waals surface area contributed by atoms with Gasteiger partial charge in [0.1, 0.15) is 0 Å². The maximum atomic E-state index is 11.2. The molecule has 0 aliphatic heterocycles. The van der Waals surface area contributed by atoms with E-state index in [1.165, 1.54) is 18.2 Å². The Hall–Kier alpha value is -1.64. The van der Waals surface area contributed by atoms with E-state index in [1.807, 2.05) is 0 Å². The van der Waals surface area contributed by atoms with Gasteiger partial charge in [0.2, 0.25) is 0 Å². The second-order valence-electron chi connectivity index (χ2n) is 2.64. The van der Waals surface area contributed by atoms with Crippen molar-refractivity contribution in [2.75, 3.05) is 0 Å². The zero-order valence-electron chi connectivity index (χ0n) is 7.24. The van der Waals surface area contributed by atoms with Gasteiger partial charge in [0.05, 0.1) is 5.97 Å². The number of carbonyl (C=O) groups excluding carboxylic acids is 2. The van der Waals surface area contributed by atoms with E-state index >= 15 is 0 Å². The molecule has 0 spiro atoms. The molecule has 3 heteroatoms. The first-order valence-electron chi connectivity index (χ1n) is 3.99. The van der Waals surface area contributed by atoms with E-state index in [0.29, 0.717) is 12.0 Å². The minimum absolute atomic E-state index is 0.0410. The minimum atomic E-state index is -1.26. The summed E-state index contributed by atoms with van der Waals surface area (Å²) in [4.78, 5) is 21.6. The topological polar surface area (TPSA) is 57.2 Å². The number of rotatable bonds is 3. The van der Waals surface area contributed by atoms with Crippen LogP contribution < -0.4 is 5.11 Å². The van der Waals surface area contributed by atoms with Gasteiger partial charge in [-0.05, 0) is 11.6 Å². The molecule has 13 heavy (non-hydrogen) atoms. The number of benzene rings is 1. The van der Waals surface area contributed by atoms with Crippen molar-refractivity contribution in [2.24, 2.45) is 0 Å². The molecule has 0 aromatic heterocycles. The fourth-order valence-corrected chi connectivity index (χ4v) is 1.02. The van der Waals surface area contributed by atoms with E-state index in [9.17, 15) is 14.7 Å². The molecule has 0 atom stereocenters. The van der Waals surface area contributed by atoms with Crippen molar-refractivity contribution in [1.82, 2.24) is 0 Å². The van der Waals surface area contributed by atoms with Gasteiger partial charge < -0.3 is 9.90 Å². The predicted molar refractivity (Wildman–Crippen MR) is 45.4 cm³/mol. The van der Waals surface area contributed by atoms with Crippen LogP contribution in [0, 0.1) is 0 Å². The van der Waals surface area contributed by atoms with Crippen molar-refractivity contribution in [1.29, 1.82) is 0 Å². The minimum Gasteiger partial charge on any atom is -0.545 e. The Bertz CT molecular complexity index is 342. The molecule has 3 nitrogen and oxygen atoms in total. The summed E-state index contributed by atoms with van der Waals surface area (Å²) < 4.78 is 0. The molecule has 1 rings (SSSR count). The van der Waals surface area contributed by atoms with Crippen molar-refractivity contribution < 1.29 is 14.7 Å². The largest absolute Gasteiger partial charge is 0.545 e. The van der Waals surface area contributed by atoms with Crippen molar-refractivity contribution in [3.8, 4) is 0 Å². The van der Waals surface area contributed by atoms with Crippen LogP contribution in [-0.2, 0) is 0 Å². The Morgan fingerprint density at radius 2 is 1.92 bits per heavy atom. The average molecular weight is 177 g/mol. The van der Waals surface area contributed by atoms with Crippen LogP contribution in [0.2, 0.25) is 0 Å². The van der Waals surface area contributed by atoms with Gasteiger partial charge in [-0.3, -0.25) is 4.79 Å². The molecule has 0 radical (unpaired) electrons. The molecule has 0 N–H and O–H groups in total. The molecule has 0 saturated carbocycles. The first-order valence-corrected chi connectivity index (χ1v) is 3.99. The van der Waals surface area contributed by atoms with Gasteiger partial charge in [0.25, 0.3) is 0 Å². The average Bonchev–Trinajstić information content (AvgIpc) is 2.17. The van der Waals surface area contributed by atoms with Gasteiger partial charge in [0, 0.05) is 12.0 Å². The summed E-state index contributed by atoms with van der Waals surface area (Å²) in [5.41, 5.74) is 0.462. The molecule has 0 amide bonds. The Morgan fingerprint density at radius 3 is 2.46 bits per heavy atom. The molecule has 68 valence electrons. The fourth-order valence-electron chi connectivity index (χ4n) is 1.02. The van der Waals surface area contributed by atoms with Gasteiger partial charge in [-0.25, -0.2) is 0 Å². The molecule has 0 bridgehead atoms. The highest BCUT2D eigenvalue weighted by atomic mass is 16.4. The zero-order chi connectivity index (χ0) is 9.84. The highest BCUT2D eigenvalue weighted by Gasteiger charge is 2.03. The van der Waals surface area contributed by atoms with Crippen molar-refractivity contribution in [3.63, 3.8) is 0 Å². The lowest BCUT2D eigenvalue weighted by Gasteiger charge is -2.03. The highest BCUT2D eigenvalue weighted by molar-refractivity contribution is 5.98. The molecular weight excluding hydrogens is 168 g/mol. The van der Waals surface area contributed by atoms with Crippen LogP contribution in [0.5, 0.6) is 0 Å². The number of aromatic carboxylic acids is 1. The second kappa shape index (κ2) is 3.85. The standard InChI is InChI=1S/C10H10O3/c1-2-9(11)7-4-3-5-8(6-7)10(12)13/h3-6H,2H2,1H3,(H,12,13)/p-1. The Kier molecular flexibility index (Phi) is 2.80. The van der Waals surface area contributed by atoms with Gasteiger partial charge in [-0.1, -0.05) is 25.1 Å². The van der Waals surface area contributed by atoms with Crippen LogP contribution in [0.15, 0.2) is 24.3 Å². The third-order valence-electron chi connectivity index (χ3n) is 1.74. The normalized spacial score (nSPS) is 9.62. The third-order valence-corrected chi connectivity index (χ3v) is 1.74. The fraction of sp³-hybridized carbons (Fsp3) is 0.200. The molecule has 0 aliphatic rings. The lowest BCUT2D eigenvalue weighted by atomic mass is 10.1. The first-order chi connectivity index (χ1) is 6.15. The number of carboxylic acid groups (broad SMARTS) is 1. The summed E-state index contributed by atoms with van der Waals surface area (Å²) in [6, 6.07) is 5.87. The maximum Gasteiger partial charge on any atom is 0.162 e. The summed E-state index contributed by atoms with van der Waals surface area (Å²) in [6.45, 7) is 1.73. The molecule has 0 heterocycles. The summed E-state index contributed by atoms with van der Waals surface area (Å²) in [6.07, 6.45) is 0.372. The lowest BCUT2D eigenvalue weighted by Crippen LogP contribution is -2.22. The monoisotopic (exact) mass is 177 g/mol. The quantitative estimate of drug-likeness (QED) is 0.636.